The van der Waals surface area contributed by atoms with Gasteiger partial charge in [-0.3, -0.25) is 9.59 Å². The van der Waals surface area contributed by atoms with E-state index in [1.54, 1.807) is 0 Å². The molecule has 5 rings (SSSR count). The first-order valence-electron chi connectivity index (χ1n) is 11.4. The fraction of sp³-hybridized carbons (Fsp3) is 0.360. The first-order valence-corrected chi connectivity index (χ1v) is 12.4. The molecule has 0 radical (unpaired) electrons. The van der Waals surface area contributed by atoms with Gasteiger partial charge in [-0.1, -0.05) is 60.3 Å². The average molecular weight is 462 g/mol. The molecule has 0 bridgehead atoms. The summed E-state index contributed by atoms with van der Waals surface area (Å²) in [7, 11) is 0. The standard InChI is InChI=1S/C25H27N5O2S/c31-22(28-13-15-29(16-14-28)24(32)21-9-5-2-6-10-21)18-33-25-27-26-23(20-11-12-20)30(25)17-19-7-3-1-4-8-19/h1-10,20H,11-18H2. The maximum atomic E-state index is 12.9. The molecule has 1 aliphatic carbocycles. The van der Waals surface area contributed by atoms with Crippen molar-refractivity contribution < 1.29 is 9.59 Å². The quantitative estimate of drug-likeness (QED) is 0.505. The van der Waals surface area contributed by atoms with Gasteiger partial charge in [0.25, 0.3) is 5.91 Å². The summed E-state index contributed by atoms with van der Waals surface area (Å²) in [6.07, 6.45) is 2.31. The minimum absolute atomic E-state index is 0.0266. The molecule has 0 unspecified atom stereocenters. The Bertz CT molecular complexity index is 1110. The van der Waals surface area contributed by atoms with Crippen LogP contribution in [0, 0.1) is 0 Å². The molecule has 3 aromatic rings. The number of carbonyl (C=O) groups is 2. The van der Waals surface area contributed by atoms with Crippen LogP contribution in [0.1, 0.15) is 40.5 Å². The first-order chi connectivity index (χ1) is 16.2. The summed E-state index contributed by atoms with van der Waals surface area (Å²) >= 11 is 1.46. The Morgan fingerprint density at radius 1 is 0.848 bits per heavy atom. The van der Waals surface area contributed by atoms with Gasteiger partial charge in [0.2, 0.25) is 5.91 Å². The second kappa shape index (κ2) is 9.79. The second-order valence-corrected chi connectivity index (χ2v) is 9.46. The molecule has 0 N–H and O–H groups in total. The van der Waals surface area contributed by atoms with E-state index in [4.69, 9.17) is 0 Å². The lowest BCUT2D eigenvalue weighted by molar-refractivity contribution is -0.129. The molecule has 8 heteroatoms. The Hall–Kier alpha value is -3.13. The predicted molar refractivity (Wildman–Crippen MR) is 127 cm³/mol. The van der Waals surface area contributed by atoms with E-state index in [2.05, 4.69) is 26.9 Å². The van der Waals surface area contributed by atoms with E-state index in [1.807, 2.05) is 58.3 Å². The number of benzene rings is 2. The Morgan fingerprint density at radius 3 is 2.15 bits per heavy atom. The molecule has 2 fully saturated rings. The molecule has 0 spiro atoms. The molecule has 0 atom stereocenters. The van der Waals surface area contributed by atoms with Crippen LogP contribution >= 0.6 is 11.8 Å². The molecule has 7 nitrogen and oxygen atoms in total. The van der Waals surface area contributed by atoms with E-state index < -0.39 is 0 Å². The third kappa shape index (κ3) is 5.11. The lowest BCUT2D eigenvalue weighted by Gasteiger charge is -2.34. The highest BCUT2D eigenvalue weighted by Crippen LogP contribution is 2.40. The summed E-state index contributed by atoms with van der Waals surface area (Å²) in [6, 6.07) is 19.6. The van der Waals surface area contributed by atoms with Gasteiger partial charge in [-0.05, 0) is 30.5 Å². The van der Waals surface area contributed by atoms with Gasteiger partial charge in [0.15, 0.2) is 5.16 Å². The normalized spacial score (nSPS) is 16.1. The van der Waals surface area contributed by atoms with Crippen molar-refractivity contribution in [1.82, 2.24) is 24.6 Å². The lowest BCUT2D eigenvalue weighted by atomic mass is 10.2. The molecule has 2 heterocycles. The van der Waals surface area contributed by atoms with Gasteiger partial charge in [-0.25, -0.2) is 0 Å². The van der Waals surface area contributed by atoms with Gasteiger partial charge < -0.3 is 14.4 Å². The number of piperazine rings is 1. The number of rotatable bonds is 7. The molecule has 1 aromatic heterocycles. The van der Waals surface area contributed by atoms with Crippen molar-refractivity contribution in [2.75, 3.05) is 31.9 Å². The summed E-state index contributed by atoms with van der Waals surface area (Å²) in [6.45, 7) is 2.95. The monoisotopic (exact) mass is 461 g/mol. The van der Waals surface area contributed by atoms with Crippen molar-refractivity contribution in [1.29, 1.82) is 0 Å². The molecule has 2 aliphatic rings. The highest BCUT2D eigenvalue weighted by Gasteiger charge is 2.31. The van der Waals surface area contributed by atoms with E-state index in [0.717, 1.165) is 30.4 Å². The maximum Gasteiger partial charge on any atom is 0.253 e. The van der Waals surface area contributed by atoms with Gasteiger partial charge in [-0.2, -0.15) is 0 Å². The zero-order chi connectivity index (χ0) is 22.6. The largest absolute Gasteiger partial charge is 0.338 e. The molecule has 2 amide bonds. The summed E-state index contributed by atoms with van der Waals surface area (Å²) in [5.41, 5.74) is 1.89. The van der Waals surface area contributed by atoms with Crippen LogP contribution in [0.25, 0.3) is 0 Å². The Balaban J connectivity index is 1.18. The van der Waals surface area contributed by atoms with Gasteiger partial charge in [0, 0.05) is 37.7 Å². The van der Waals surface area contributed by atoms with Crippen molar-refractivity contribution in [3.05, 3.63) is 77.6 Å². The van der Waals surface area contributed by atoms with Crippen molar-refractivity contribution in [2.45, 2.75) is 30.5 Å². The number of amides is 2. The van der Waals surface area contributed by atoms with Gasteiger partial charge in [-0.15, -0.1) is 10.2 Å². The summed E-state index contributed by atoms with van der Waals surface area (Å²) in [5, 5.41) is 9.66. The third-order valence-corrected chi connectivity index (χ3v) is 7.09. The molecule has 1 saturated carbocycles. The van der Waals surface area contributed by atoms with Gasteiger partial charge in [0.05, 0.1) is 12.3 Å². The molecule has 170 valence electrons. The smallest absolute Gasteiger partial charge is 0.253 e. The minimum Gasteiger partial charge on any atom is -0.338 e. The summed E-state index contributed by atoms with van der Waals surface area (Å²) < 4.78 is 2.17. The zero-order valence-electron chi connectivity index (χ0n) is 18.5. The highest BCUT2D eigenvalue weighted by molar-refractivity contribution is 7.99. The predicted octanol–water partition coefficient (Wildman–Crippen LogP) is 3.28. The minimum atomic E-state index is 0.0266. The second-order valence-electron chi connectivity index (χ2n) is 8.51. The van der Waals surface area contributed by atoms with Crippen LogP contribution in [0.3, 0.4) is 0 Å². The van der Waals surface area contributed by atoms with Crippen LogP contribution < -0.4 is 0 Å². The number of carbonyl (C=O) groups excluding carboxylic acids is 2. The molecule has 2 aromatic carbocycles. The lowest BCUT2D eigenvalue weighted by Crippen LogP contribution is -2.51. The van der Waals surface area contributed by atoms with Gasteiger partial charge in [0.1, 0.15) is 5.82 Å². The third-order valence-electron chi connectivity index (χ3n) is 6.14. The Kier molecular flexibility index (Phi) is 6.44. The van der Waals surface area contributed by atoms with Crippen LogP contribution in [-0.4, -0.2) is 68.3 Å². The van der Waals surface area contributed by atoms with Crippen LogP contribution in [0.5, 0.6) is 0 Å². The van der Waals surface area contributed by atoms with E-state index in [1.165, 1.54) is 17.3 Å². The number of hydrogen-bond acceptors (Lipinski definition) is 5. The van der Waals surface area contributed by atoms with E-state index >= 15 is 0 Å². The van der Waals surface area contributed by atoms with Gasteiger partial charge >= 0.3 is 0 Å². The van der Waals surface area contributed by atoms with Crippen LogP contribution in [-0.2, 0) is 11.3 Å². The van der Waals surface area contributed by atoms with Crippen LogP contribution in [0.2, 0.25) is 0 Å². The van der Waals surface area contributed by atoms with Crippen molar-refractivity contribution in [3.63, 3.8) is 0 Å². The summed E-state index contributed by atoms with van der Waals surface area (Å²) in [5.74, 6) is 1.94. The van der Waals surface area contributed by atoms with Crippen molar-refractivity contribution in [2.24, 2.45) is 0 Å². The average Bonchev–Trinajstić information content (AvgIpc) is 3.64. The molecule has 1 aliphatic heterocycles. The summed E-state index contributed by atoms with van der Waals surface area (Å²) in [4.78, 5) is 29.2. The highest BCUT2D eigenvalue weighted by atomic mass is 32.2. The maximum absolute atomic E-state index is 12.9. The van der Waals surface area contributed by atoms with E-state index in [0.29, 0.717) is 43.4 Å². The molecular formula is C25H27N5O2S. The van der Waals surface area contributed by atoms with E-state index in [-0.39, 0.29) is 11.8 Å². The van der Waals surface area contributed by atoms with Crippen molar-refractivity contribution >= 4 is 23.6 Å². The number of nitrogens with zero attached hydrogens (tertiary/aromatic N) is 5. The van der Waals surface area contributed by atoms with Crippen molar-refractivity contribution in [3.8, 4) is 0 Å². The first kappa shape index (κ1) is 21.7. The van der Waals surface area contributed by atoms with Crippen LogP contribution in [0.15, 0.2) is 65.8 Å². The molecule has 33 heavy (non-hydrogen) atoms. The fourth-order valence-corrected chi connectivity index (χ4v) is 4.95. The van der Waals surface area contributed by atoms with Crippen LogP contribution in [0.4, 0.5) is 0 Å². The topological polar surface area (TPSA) is 71.3 Å². The molecular weight excluding hydrogens is 434 g/mol. The SMILES string of the molecule is O=C(CSc1nnc(C2CC2)n1Cc1ccccc1)N1CCN(C(=O)c2ccccc2)CC1. The zero-order valence-corrected chi connectivity index (χ0v) is 19.3. The Morgan fingerprint density at radius 2 is 1.48 bits per heavy atom. The fourth-order valence-electron chi connectivity index (χ4n) is 4.10. The number of thioether (sulfide) groups is 1. The number of aromatic nitrogens is 3. The number of hydrogen-bond donors (Lipinski definition) is 0. The van der Waals surface area contributed by atoms with E-state index in [9.17, 15) is 9.59 Å². The Labute approximate surface area is 197 Å². The molecule has 1 saturated heterocycles.